The SMILES string of the molecule is CC(C)[C@H](O)[C@@H](C)C(=O)c1ccccc1. The number of hydrogen-bond acceptors (Lipinski definition) is 2. The molecule has 0 amide bonds. The van der Waals surface area contributed by atoms with Gasteiger partial charge in [-0.05, 0) is 5.92 Å². The number of ketones is 1. The van der Waals surface area contributed by atoms with Gasteiger partial charge in [0.25, 0.3) is 0 Å². The number of rotatable bonds is 4. The van der Waals surface area contributed by atoms with Gasteiger partial charge in [-0.3, -0.25) is 4.79 Å². The Labute approximate surface area is 90.9 Å². The van der Waals surface area contributed by atoms with Crippen LogP contribution in [-0.4, -0.2) is 17.0 Å². The van der Waals surface area contributed by atoms with Crippen LogP contribution in [0.5, 0.6) is 0 Å². The zero-order valence-corrected chi connectivity index (χ0v) is 9.47. The number of carbonyl (C=O) groups excluding carboxylic acids is 1. The number of Topliss-reactive ketones (excluding diaryl/α,β-unsaturated/α-hetero) is 1. The second kappa shape index (κ2) is 5.08. The van der Waals surface area contributed by atoms with Crippen molar-refractivity contribution in [3.63, 3.8) is 0 Å². The molecule has 15 heavy (non-hydrogen) atoms. The van der Waals surface area contributed by atoms with Crippen molar-refractivity contribution < 1.29 is 9.90 Å². The summed E-state index contributed by atoms with van der Waals surface area (Å²) in [5.74, 6) is -0.225. The van der Waals surface area contributed by atoms with Gasteiger partial charge in [0.2, 0.25) is 0 Å². The summed E-state index contributed by atoms with van der Waals surface area (Å²) < 4.78 is 0. The van der Waals surface area contributed by atoms with Gasteiger partial charge in [0.15, 0.2) is 5.78 Å². The molecule has 0 aliphatic heterocycles. The molecule has 2 atom stereocenters. The predicted molar refractivity (Wildman–Crippen MR) is 60.8 cm³/mol. The number of aliphatic hydroxyl groups excluding tert-OH is 1. The van der Waals surface area contributed by atoms with Gasteiger partial charge < -0.3 is 5.11 Å². The third kappa shape index (κ3) is 2.90. The highest BCUT2D eigenvalue weighted by molar-refractivity contribution is 5.97. The molecule has 1 aromatic carbocycles. The summed E-state index contributed by atoms with van der Waals surface area (Å²) in [6.07, 6.45) is -0.572. The molecule has 0 fully saturated rings. The van der Waals surface area contributed by atoms with E-state index >= 15 is 0 Å². The molecular weight excluding hydrogens is 188 g/mol. The van der Waals surface area contributed by atoms with Gasteiger partial charge in [-0.2, -0.15) is 0 Å². The lowest BCUT2D eigenvalue weighted by molar-refractivity contribution is 0.0552. The maximum Gasteiger partial charge on any atom is 0.168 e. The van der Waals surface area contributed by atoms with Crippen LogP contribution in [0.3, 0.4) is 0 Å². The van der Waals surface area contributed by atoms with E-state index in [1.54, 1.807) is 19.1 Å². The first kappa shape index (κ1) is 11.9. The molecule has 0 aromatic heterocycles. The minimum atomic E-state index is -0.572. The summed E-state index contributed by atoms with van der Waals surface area (Å²) in [5.41, 5.74) is 0.671. The van der Waals surface area contributed by atoms with Crippen molar-refractivity contribution in [2.45, 2.75) is 26.9 Å². The minimum Gasteiger partial charge on any atom is -0.392 e. The summed E-state index contributed by atoms with van der Waals surface area (Å²) in [6.45, 7) is 5.61. The highest BCUT2D eigenvalue weighted by atomic mass is 16.3. The zero-order valence-electron chi connectivity index (χ0n) is 9.47. The van der Waals surface area contributed by atoms with E-state index in [0.29, 0.717) is 5.56 Å². The second-order valence-corrected chi connectivity index (χ2v) is 4.25. The molecule has 0 heterocycles. The van der Waals surface area contributed by atoms with Crippen LogP contribution in [0.25, 0.3) is 0 Å². The van der Waals surface area contributed by atoms with Gasteiger partial charge in [0.05, 0.1) is 6.10 Å². The molecule has 1 aromatic rings. The van der Waals surface area contributed by atoms with Crippen molar-refractivity contribution in [3.8, 4) is 0 Å². The molecule has 1 N–H and O–H groups in total. The molecule has 82 valence electrons. The summed E-state index contributed by atoms with van der Waals surface area (Å²) in [6, 6.07) is 9.11. The van der Waals surface area contributed by atoms with Crippen LogP contribution >= 0.6 is 0 Å². The molecule has 0 saturated carbocycles. The summed E-state index contributed by atoms with van der Waals surface area (Å²) in [4.78, 5) is 11.9. The van der Waals surface area contributed by atoms with Gasteiger partial charge in [-0.15, -0.1) is 0 Å². The van der Waals surface area contributed by atoms with Crippen LogP contribution in [0.15, 0.2) is 30.3 Å². The Hall–Kier alpha value is -1.15. The Balaban J connectivity index is 2.78. The normalized spacial score (nSPS) is 15.0. The van der Waals surface area contributed by atoms with Crippen molar-refractivity contribution in [1.29, 1.82) is 0 Å². The number of hydrogen-bond donors (Lipinski definition) is 1. The van der Waals surface area contributed by atoms with Gasteiger partial charge in [-0.25, -0.2) is 0 Å². The average molecular weight is 206 g/mol. The molecule has 0 saturated heterocycles. The van der Waals surface area contributed by atoms with Gasteiger partial charge in [-0.1, -0.05) is 51.1 Å². The van der Waals surface area contributed by atoms with Crippen molar-refractivity contribution in [2.75, 3.05) is 0 Å². The number of benzene rings is 1. The Kier molecular flexibility index (Phi) is 4.04. The molecule has 0 aliphatic carbocycles. The molecule has 0 aliphatic rings. The molecule has 1 rings (SSSR count). The van der Waals surface area contributed by atoms with E-state index in [-0.39, 0.29) is 17.6 Å². The van der Waals surface area contributed by atoms with Gasteiger partial charge >= 0.3 is 0 Å². The van der Waals surface area contributed by atoms with Crippen LogP contribution in [0.1, 0.15) is 31.1 Å². The van der Waals surface area contributed by atoms with Crippen LogP contribution in [0.2, 0.25) is 0 Å². The number of aliphatic hydroxyl groups is 1. The Morgan fingerprint density at radius 3 is 2.13 bits per heavy atom. The predicted octanol–water partition coefficient (Wildman–Crippen LogP) is 2.52. The largest absolute Gasteiger partial charge is 0.392 e. The molecule has 0 spiro atoms. The average Bonchev–Trinajstić information content (AvgIpc) is 2.27. The fourth-order valence-corrected chi connectivity index (χ4v) is 1.60. The standard InChI is InChI=1S/C13H18O2/c1-9(2)12(14)10(3)13(15)11-7-5-4-6-8-11/h4-10,12,14H,1-3H3/t10-,12+/m1/s1. The van der Waals surface area contributed by atoms with Gasteiger partial charge in [0, 0.05) is 11.5 Å². The summed E-state index contributed by atoms with van der Waals surface area (Å²) in [7, 11) is 0. The van der Waals surface area contributed by atoms with Crippen molar-refractivity contribution in [1.82, 2.24) is 0 Å². The van der Waals surface area contributed by atoms with E-state index in [4.69, 9.17) is 0 Å². The first-order valence-corrected chi connectivity index (χ1v) is 5.31. The molecule has 0 bridgehead atoms. The lowest BCUT2D eigenvalue weighted by Gasteiger charge is -2.20. The zero-order chi connectivity index (χ0) is 11.4. The highest BCUT2D eigenvalue weighted by Gasteiger charge is 2.25. The van der Waals surface area contributed by atoms with E-state index < -0.39 is 6.10 Å². The van der Waals surface area contributed by atoms with Crippen LogP contribution in [0, 0.1) is 11.8 Å². The summed E-state index contributed by atoms with van der Waals surface area (Å²) in [5, 5.41) is 9.81. The molecule has 0 radical (unpaired) electrons. The Morgan fingerprint density at radius 1 is 1.13 bits per heavy atom. The third-order valence-electron chi connectivity index (χ3n) is 2.67. The lowest BCUT2D eigenvalue weighted by atomic mass is 9.88. The molecule has 2 nitrogen and oxygen atoms in total. The van der Waals surface area contributed by atoms with E-state index in [0.717, 1.165) is 0 Å². The van der Waals surface area contributed by atoms with E-state index in [1.165, 1.54) is 0 Å². The second-order valence-electron chi connectivity index (χ2n) is 4.25. The van der Waals surface area contributed by atoms with E-state index in [1.807, 2.05) is 32.0 Å². The fraction of sp³-hybridized carbons (Fsp3) is 0.462. The van der Waals surface area contributed by atoms with Crippen LogP contribution < -0.4 is 0 Å². The third-order valence-corrected chi connectivity index (χ3v) is 2.67. The first-order valence-electron chi connectivity index (χ1n) is 5.31. The van der Waals surface area contributed by atoms with Gasteiger partial charge in [0.1, 0.15) is 0 Å². The van der Waals surface area contributed by atoms with Crippen molar-refractivity contribution in [2.24, 2.45) is 11.8 Å². The Bertz CT molecular complexity index is 317. The molecule has 0 unspecified atom stereocenters. The van der Waals surface area contributed by atoms with Crippen LogP contribution in [0.4, 0.5) is 0 Å². The maximum absolute atomic E-state index is 11.9. The Morgan fingerprint density at radius 2 is 1.67 bits per heavy atom. The first-order chi connectivity index (χ1) is 7.04. The highest BCUT2D eigenvalue weighted by Crippen LogP contribution is 2.17. The summed E-state index contributed by atoms with van der Waals surface area (Å²) >= 11 is 0. The fourth-order valence-electron chi connectivity index (χ4n) is 1.60. The maximum atomic E-state index is 11.9. The molecule has 2 heteroatoms. The van der Waals surface area contributed by atoms with E-state index in [9.17, 15) is 9.90 Å². The quantitative estimate of drug-likeness (QED) is 0.769. The minimum absolute atomic E-state index is 0.0109. The molecular formula is C13H18O2. The monoisotopic (exact) mass is 206 g/mol. The lowest BCUT2D eigenvalue weighted by Crippen LogP contribution is -2.30. The van der Waals surface area contributed by atoms with Crippen LogP contribution in [-0.2, 0) is 0 Å². The smallest absolute Gasteiger partial charge is 0.168 e. The number of carbonyl (C=O) groups is 1. The topological polar surface area (TPSA) is 37.3 Å². The van der Waals surface area contributed by atoms with Crippen molar-refractivity contribution in [3.05, 3.63) is 35.9 Å². The van der Waals surface area contributed by atoms with E-state index in [2.05, 4.69) is 0 Å². The van der Waals surface area contributed by atoms with Crippen molar-refractivity contribution >= 4 is 5.78 Å².